The summed E-state index contributed by atoms with van der Waals surface area (Å²) in [6.07, 6.45) is 11.0. The standard InChI is InChI=1S/C21H20N2O2/c1-15-8-7-13-22(24)20(15)21-18-12-6-5-11-17(18)14-19(23(21)25)16-9-3-2-4-10-16/h2-4,7-10,13-14H,5-6,11-12H2,1H3. The highest BCUT2D eigenvalue weighted by atomic mass is 16.5. The van der Waals surface area contributed by atoms with E-state index in [0.29, 0.717) is 17.1 Å². The molecule has 4 heteroatoms. The third-order valence-corrected chi connectivity index (χ3v) is 4.98. The van der Waals surface area contributed by atoms with Gasteiger partial charge in [0.2, 0.25) is 6.20 Å². The van der Waals surface area contributed by atoms with Gasteiger partial charge in [-0.1, -0.05) is 30.3 Å². The maximum absolute atomic E-state index is 13.3. The maximum atomic E-state index is 13.3. The van der Waals surface area contributed by atoms with Crippen LogP contribution in [0.25, 0.3) is 5.70 Å². The first kappa shape index (κ1) is 15.8. The van der Waals surface area contributed by atoms with Gasteiger partial charge in [0.25, 0.3) is 5.70 Å². The molecule has 0 radical (unpaired) electrons. The Morgan fingerprint density at radius 1 is 1.12 bits per heavy atom. The van der Waals surface area contributed by atoms with Crippen LogP contribution in [0.5, 0.6) is 0 Å². The van der Waals surface area contributed by atoms with Crippen LogP contribution in [0.4, 0.5) is 0 Å². The van der Waals surface area contributed by atoms with E-state index in [2.05, 4.69) is 0 Å². The van der Waals surface area contributed by atoms with E-state index in [0.717, 1.165) is 52.2 Å². The van der Waals surface area contributed by atoms with Crippen molar-refractivity contribution in [1.82, 2.24) is 5.06 Å². The van der Waals surface area contributed by atoms with Gasteiger partial charge in [-0.15, -0.1) is 0 Å². The minimum absolute atomic E-state index is 0.466. The van der Waals surface area contributed by atoms with Gasteiger partial charge in [-0.05, 0) is 61.5 Å². The van der Waals surface area contributed by atoms with Crippen LogP contribution in [-0.2, 0) is 0 Å². The summed E-state index contributed by atoms with van der Waals surface area (Å²) in [6.45, 7) is 1.88. The van der Waals surface area contributed by atoms with Crippen molar-refractivity contribution < 1.29 is 4.76 Å². The molecule has 4 nitrogen and oxygen atoms in total. The van der Waals surface area contributed by atoms with E-state index in [1.807, 2.05) is 49.4 Å². The van der Waals surface area contributed by atoms with Gasteiger partial charge >= 0.3 is 0 Å². The molecule has 0 saturated carbocycles. The maximum Gasteiger partial charge on any atom is 0.288 e. The summed E-state index contributed by atoms with van der Waals surface area (Å²) in [7, 11) is 0. The second-order valence-electron chi connectivity index (χ2n) is 6.62. The van der Waals surface area contributed by atoms with Crippen LogP contribution in [-0.4, -0.2) is 9.82 Å². The first-order valence-electron chi connectivity index (χ1n) is 8.69. The molecular formula is C21H20N2O2. The predicted molar refractivity (Wildman–Crippen MR) is 98.7 cm³/mol. The molecule has 1 aromatic rings. The zero-order valence-corrected chi connectivity index (χ0v) is 14.2. The van der Waals surface area contributed by atoms with Crippen LogP contribution in [0, 0.1) is 10.1 Å². The quantitative estimate of drug-likeness (QED) is 0.666. The topological polar surface area (TPSA) is 46.4 Å². The summed E-state index contributed by atoms with van der Waals surface area (Å²) in [5, 5.41) is 14.3. The first-order valence-corrected chi connectivity index (χ1v) is 8.69. The number of nitroso groups, excluding NO2 is 1. The number of hydrogen-bond acceptors (Lipinski definition) is 3. The lowest BCUT2D eigenvalue weighted by Crippen LogP contribution is -2.26. The minimum Gasteiger partial charge on any atom is -0.754 e. The van der Waals surface area contributed by atoms with E-state index in [4.69, 9.17) is 0 Å². The van der Waals surface area contributed by atoms with Crippen molar-refractivity contribution in [3.05, 3.63) is 98.6 Å². The summed E-state index contributed by atoms with van der Waals surface area (Å²) >= 11 is 0. The summed E-state index contributed by atoms with van der Waals surface area (Å²) < 4.78 is 0.822. The van der Waals surface area contributed by atoms with E-state index in [1.165, 1.54) is 11.8 Å². The Hall–Kier alpha value is -2.72. The third kappa shape index (κ3) is 2.68. The molecule has 3 aliphatic rings. The van der Waals surface area contributed by atoms with Crippen molar-refractivity contribution in [2.45, 2.75) is 32.6 Å². The fourth-order valence-electron chi connectivity index (χ4n) is 3.76. The van der Waals surface area contributed by atoms with Crippen molar-refractivity contribution in [2.24, 2.45) is 0 Å². The highest BCUT2D eigenvalue weighted by molar-refractivity contribution is 5.74. The highest BCUT2D eigenvalue weighted by Crippen LogP contribution is 2.43. The number of hydrogen-bond donors (Lipinski definition) is 0. The van der Waals surface area contributed by atoms with Gasteiger partial charge in [-0.2, -0.15) is 0 Å². The molecule has 126 valence electrons. The largest absolute Gasteiger partial charge is 0.754 e. The molecule has 4 rings (SSSR count). The van der Waals surface area contributed by atoms with Crippen LogP contribution in [0.2, 0.25) is 0 Å². The van der Waals surface area contributed by atoms with Crippen LogP contribution in [0.15, 0.2) is 82.9 Å². The average Bonchev–Trinajstić information content (AvgIpc) is 2.63. The number of allylic oxidation sites excluding steroid dienone is 6. The fourth-order valence-corrected chi connectivity index (χ4v) is 3.76. The summed E-state index contributed by atoms with van der Waals surface area (Å²) in [6, 6.07) is 9.66. The lowest BCUT2D eigenvalue weighted by molar-refractivity contribution is -0.423. The van der Waals surface area contributed by atoms with Gasteiger partial charge < -0.3 is 10.3 Å². The molecule has 25 heavy (non-hydrogen) atoms. The zero-order valence-electron chi connectivity index (χ0n) is 14.2. The van der Waals surface area contributed by atoms with Crippen molar-refractivity contribution in [3.8, 4) is 0 Å². The lowest BCUT2D eigenvalue weighted by Gasteiger charge is -2.41. The Labute approximate surface area is 147 Å². The smallest absolute Gasteiger partial charge is 0.288 e. The molecule has 1 aliphatic carbocycles. The van der Waals surface area contributed by atoms with Gasteiger partial charge in [0.15, 0.2) is 0 Å². The van der Waals surface area contributed by atoms with E-state index in [9.17, 15) is 10.1 Å². The first-order chi connectivity index (χ1) is 12.2. The molecule has 0 N–H and O–H groups in total. The van der Waals surface area contributed by atoms with E-state index in [-0.39, 0.29) is 0 Å². The normalized spacial score (nSPS) is 23.4. The SMILES string of the molecule is CC1=CC=C[N+](=O)C1=C1C2=C(C=C(c3ccccc3)N1[O-])CCCC2. The van der Waals surface area contributed by atoms with Crippen molar-refractivity contribution in [1.29, 1.82) is 0 Å². The molecule has 0 spiro atoms. The Bertz CT molecular complexity index is 886. The van der Waals surface area contributed by atoms with Crippen molar-refractivity contribution >= 4 is 5.70 Å². The number of nitrogens with zero attached hydrogens (tertiary/aromatic N) is 2. The Morgan fingerprint density at radius 2 is 1.88 bits per heavy atom. The summed E-state index contributed by atoms with van der Waals surface area (Å²) in [5.41, 5.74) is 5.51. The number of benzene rings is 1. The molecule has 1 aromatic carbocycles. The Morgan fingerprint density at radius 3 is 2.64 bits per heavy atom. The third-order valence-electron chi connectivity index (χ3n) is 4.98. The van der Waals surface area contributed by atoms with Crippen molar-refractivity contribution in [3.63, 3.8) is 0 Å². The fraction of sp³-hybridized carbons (Fsp3) is 0.238. The number of rotatable bonds is 1. The van der Waals surface area contributed by atoms with Gasteiger partial charge in [0.05, 0.1) is 4.76 Å². The van der Waals surface area contributed by atoms with Gasteiger partial charge in [0.1, 0.15) is 5.70 Å². The van der Waals surface area contributed by atoms with E-state index < -0.39 is 0 Å². The van der Waals surface area contributed by atoms with Crippen LogP contribution in [0.1, 0.15) is 38.2 Å². The van der Waals surface area contributed by atoms with Gasteiger partial charge in [-0.25, -0.2) is 0 Å². The molecule has 0 amide bonds. The van der Waals surface area contributed by atoms with E-state index in [1.54, 1.807) is 6.08 Å². The van der Waals surface area contributed by atoms with Gasteiger partial charge in [0, 0.05) is 22.3 Å². The van der Waals surface area contributed by atoms with Gasteiger partial charge in [-0.3, -0.25) is 0 Å². The molecule has 0 unspecified atom stereocenters. The molecule has 0 aromatic heterocycles. The monoisotopic (exact) mass is 332 g/mol. The summed E-state index contributed by atoms with van der Waals surface area (Å²) in [5.74, 6) is 0. The molecule has 2 aliphatic heterocycles. The average molecular weight is 332 g/mol. The highest BCUT2D eigenvalue weighted by Gasteiger charge is 2.33. The van der Waals surface area contributed by atoms with Crippen LogP contribution < -0.4 is 0 Å². The summed E-state index contributed by atoms with van der Waals surface area (Å²) in [4.78, 5) is 12.5. The lowest BCUT2D eigenvalue weighted by atomic mass is 9.84. The second kappa shape index (κ2) is 6.30. The zero-order chi connectivity index (χ0) is 17.4. The molecule has 0 saturated heterocycles. The predicted octanol–water partition coefficient (Wildman–Crippen LogP) is 5.18. The molecule has 2 heterocycles. The molecule has 0 atom stereocenters. The molecular weight excluding hydrogens is 312 g/mol. The van der Waals surface area contributed by atoms with Crippen molar-refractivity contribution in [2.75, 3.05) is 0 Å². The Balaban J connectivity index is 1.95. The molecule has 0 bridgehead atoms. The second-order valence-corrected chi connectivity index (χ2v) is 6.62. The Kier molecular flexibility index (Phi) is 3.98. The minimum atomic E-state index is 0.466. The van der Waals surface area contributed by atoms with E-state index >= 15 is 0 Å². The molecule has 0 fully saturated rings. The van der Waals surface area contributed by atoms with Crippen LogP contribution >= 0.6 is 0 Å². The van der Waals surface area contributed by atoms with Crippen LogP contribution in [0.3, 0.4) is 0 Å². The number of hydroxylamine groups is 2.